The Bertz CT molecular complexity index is 371. The SMILES string of the molecule is CCCNCC(CCC)Oc1ccc(OC)cc1Br. The summed E-state index contributed by atoms with van der Waals surface area (Å²) in [7, 11) is 1.66. The quantitative estimate of drug-likeness (QED) is 0.694. The van der Waals surface area contributed by atoms with Crippen LogP contribution in [0.1, 0.15) is 33.1 Å². The zero-order valence-corrected chi connectivity index (χ0v) is 13.6. The van der Waals surface area contributed by atoms with Crippen LogP contribution in [-0.4, -0.2) is 26.3 Å². The van der Waals surface area contributed by atoms with Gasteiger partial charge in [-0.3, -0.25) is 0 Å². The van der Waals surface area contributed by atoms with Crippen molar-refractivity contribution in [3.8, 4) is 11.5 Å². The fraction of sp³-hybridized carbons (Fsp3) is 0.600. The predicted octanol–water partition coefficient (Wildman–Crippen LogP) is 4.00. The number of methoxy groups -OCH3 is 1. The smallest absolute Gasteiger partial charge is 0.134 e. The molecule has 0 spiro atoms. The minimum atomic E-state index is 0.209. The molecule has 1 N–H and O–H groups in total. The highest BCUT2D eigenvalue weighted by molar-refractivity contribution is 9.10. The Labute approximate surface area is 124 Å². The highest BCUT2D eigenvalue weighted by atomic mass is 79.9. The highest BCUT2D eigenvalue weighted by Crippen LogP contribution is 2.30. The largest absolute Gasteiger partial charge is 0.497 e. The first-order chi connectivity index (χ1) is 9.21. The molecular weight excluding hydrogens is 306 g/mol. The lowest BCUT2D eigenvalue weighted by atomic mass is 10.2. The van der Waals surface area contributed by atoms with Gasteiger partial charge in [0.05, 0.1) is 11.6 Å². The van der Waals surface area contributed by atoms with Crippen LogP contribution < -0.4 is 14.8 Å². The Morgan fingerprint density at radius 2 is 2.05 bits per heavy atom. The van der Waals surface area contributed by atoms with Crippen molar-refractivity contribution in [1.82, 2.24) is 5.32 Å². The molecule has 0 saturated heterocycles. The number of halogens is 1. The second-order valence-corrected chi connectivity index (χ2v) is 5.38. The van der Waals surface area contributed by atoms with Crippen LogP contribution in [0, 0.1) is 0 Å². The first-order valence-electron chi connectivity index (χ1n) is 6.92. The van der Waals surface area contributed by atoms with Crippen LogP contribution in [0.15, 0.2) is 22.7 Å². The fourth-order valence-corrected chi connectivity index (χ4v) is 2.30. The van der Waals surface area contributed by atoms with Gasteiger partial charge in [-0.05, 0) is 53.5 Å². The summed E-state index contributed by atoms with van der Waals surface area (Å²) in [5.41, 5.74) is 0. The molecule has 0 aliphatic carbocycles. The van der Waals surface area contributed by atoms with Gasteiger partial charge in [-0.2, -0.15) is 0 Å². The van der Waals surface area contributed by atoms with Crippen molar-refractivity contribution in [1.29, 1.82) is 0 Å². The summed E-state index contributed by atoms with van der Waals surface area (Å²) in [6.45, 7) is 6.27. The Hall–Kier alpha value is -0.740. The summed E-state index contributed by atoms with van der Waals surface area (Å²) in [5, 5.41) is 3.42. The molecule has 1 rings (SSSR count). The fourth-order valence-electron chi connectivity index (χ4n) is 1.85. The summed E-state index contributed by atoms with van der Waals surface area (Å²) in [6, 6.07) is 5.80. The molecule has 0 bridgehead atoms. The Morgan fingerprint density at radius 3 is 2.63 bits per heavy atom. The molecule has 1 aromatic carbocycles. The van der Waals surface area contributed by atoms with Crippen molar-refractivity contribution in [2.24, 2.45) is 0 Å². The second-order valence-electron chi connectivity index (χ2n) is 4.53. The number of hydrogen-bond acceptors (Lipinski definition) is 3. The molecule has 0 aromatic heterocycles. The summed E-state index contributed by atoms with van der Waals surface area (Å²) >= 11 is 3.52. The van der Waals surface area contributed by atoms with Crippen LogP contribution in [0.25, 0.3) is 0 Å². The highest BCUT2D eigenvalue weighted by Gasteiger charge is 2.11. The maximum Gasteiger partial charge on any atom is 0.134 e. The molecule has 0 amide bonds. The van der Waals surface area contributed by atoms with E-state index in [1.54, 1.807) is 7.11 Å². The van der Waals surface area contributed by atoms with E-state index in [1.807, 2.05) is 18.2 Å². The first-order valence-corrected chi connectivity index (χ1v) is 7.71. The molecule has 0 heterocycles. The monoisotopic (exact) mass is 329 g/mol. The van der Waals surface area contributed by atoms with Gasteiger partial charge in [0.15, 0.2) is 0 Å². The standard InChI is InChI=1S/C15H24BrNO2/c1-4-6-13(11-17-9-5-2)19-15-8-7-12(18-3)10-14(15)16/h7-8,10,13,17H,4-6,9,11H2,1-3H3. The molecule has 108 valence electrons. The average molecular weight is 330 g/mol. The molecule has 19 heavy (non-hydrogen) atoms. The minimum absolute atomic E-state index is 0.209. The van der Waals surface area contributed by atoms with E-state index < -0.39 is 0 Å². The van der Waals surface area contributed by atoms with Crippen molar-refractivity contribution >= 4 is 15.9 Å². The third-order valence-corrected chi connectivity index (χ3v) is 3.46. The van der Waals surface area contributed by atoms with Gasteiger partial charge < -0.3 is 14.8 Å². The van der Waals surface area contributed by atoms with Crippen LogP contribution in [0.2, 0.25) is 0 Å². The van der Waals surface area contributed by atoms with E-state index in [2.05, 4.69) is 35.1 Å². The summed E-state index contributed by atoms with van der Waals surface area (Å²) < 4.78 is 12.2. The number of ether oxygens (including phenoxy) is 2. The van der Waals surface area contributed by atoms with E-state index in [4.69, 9.17) is 9.47 Å². The van der Waals surface area contributed by atoms with Gasteiger partial charge >= 0.3 is 0 Å². The normalized spacial score (nSPS) is 12.2. The molecule has 0 aliphatic rings. The molecule has 0 saturated carbocycles. The van der Waals surface area contributed by atoms with Gasteiger partial charge in [-0.1, -0.05) is 20.3 Å². The summed E-state index contributed by atoms with van der Waals surface area (Å²) in [4.78, 5) is 0. The van der Waals surface area contributed by atoms with Crippen molar-refractivity contribution in [2.75, 3.05) is 20.2 Å². The number of rotatable bonds is 9. The lowest BCUT2D eigenvalue weighted by Gasteiger charge is -2.20. The maximum atomic E-state index is 6.07. The topological polar surface area (TPSA) is 30.5 Å². The van der Waals surface area contributed by atoms with Gasteiger partial charge in [0.25, 0.3) is 0 Å². The molecular formula is C15H24BrNO2. The van der Waals surface area contributed by atoms with Gasteiger partial charge in [-0.25, -0.2) is 0 Å². The van der Waals surface area contributed by atoms with Gasteiger partial charge in [0, 0.05) is 6.54 Å². The third kappa shape index (κ3) is 5.83. The van der Waals surface area contributed by atoms with Gasteiger partial charge in [0.1, 0.15) is 17.6 Å². The lowest BCUT2D eigenvalue weighted by Crippen LogP contribution is -2.31. The summed E-state index contributed by atoms with van der Waals surface area (Å²) in [5.74, 6) is 1.70. The van der Waals surface area contributed by atoms with Gasteiger partial charge in [0.2, 0.25) is 0 Å². The molecule has 0 aliphatic heterocycles. The minimum Gasteiger partial charge on any atom is -0.497 e. The van der Waals surface area contributed by atoms with Crippen LogP contribution in [0.3, 0.4) is 0 Å². The van der Waals surface area contributed by atoms with Crippen molar-refractivity contribution in [2.45, 2.75) is 39.2 Å². The molecule has 1 unspecified atom stereocenters. The maximum absolute atomic E-state index is 6.07. The Kier molecular flexibility index (Phi) is 7.91. The number of benzene rings is 1. The van der Waals surface area contributed by atoms with Crippen molar-refractivity contribution < 1.29 is 9.47 Å². The van der Waals surface area contributed by atoms with E-state index in [1.165, 1.54) is 0 Å². The number of nitrogens with one attached hydrogen (secondary N) is 1. The van der Waals surface area contributed by atoms with Crippen LogP contribution in [0.5, 0.6) is 11.5 Å². The lowest BCUT2D eigenvalue weighted by molar-refractivity contribution is 0.185. The third-order valence-electron chi connectivity index (χ3n) is 2.84. The van der Waals surface area contributed by atoms with Crippen molar-refractivity contribution in [3.63, 3.8) is 0 Å². The molecule has 4 heteroatoms. The predicted molar refractivity (Wildman–Crippen MR) is 83.2 cm³/mol. The van der Waals surface area contributed by atoms with Crippen LogP contribution >= 0.6 is 15.9 Å². The second kappa shape index (κ2) is 9.21. The molecule has 0 fully saturated rings. The molecule has 3 nitrogen and oxygen atoms in total. The van der Waals surface area contributed by atoms with Gasteiger partial charge in [-0.15, -0.1) is 0 Å². The van der Waals surface area contributed by atoms with E-state index in [0.717, 1.165) is 48.3 Å². The zero-order chi connectivity index (χ0) is 14.1. The molecule has 1 aromatic rings. The van der Waals surface area contributed by atoms with E-state index in [-0.39, 0.29) is 6.10 Å². The average Bonchev–Trinajstić information content (AvgIpc) is 2.41. The molecule has 0 radical (unpaired) electrons. The molecule has 1 atom stereocenters. The Morgan fingerprint density at radius 1 is 1.26 bits per heavy atom. The zero-order valence-electron chi connectivity index (χ0n) is 12.0. The van der Waals surface area contributed by atoms with Crippen molar-refractivity contribution in [3.05, 3.63) is 22.7 Å². The van der Waals surface area contributed by atoms with E-state index in [9.17, 15) is 0 Å². The summed E-state index contributed by atoms with van der Waals surface area (Å²) in [6.07, 6.45) is 3.52. The Balaban J connectivity index is 2.61. The number of hydrogen-bond donors (Lipinski definition) is 1. The first kappa shape index (κ1) is 16.3. The van der Waals surface area contributed by atoms with E-state index >= 15 is 0 Å². The van der Waals surface area contributed by atoms with E-state index in [0.29, 0.717) is 0 Å². The van der Waals surface area contributed by atoms with Crippen LogP contribution in [0.4, 0.5) is 0 Å². The van der Waals surface area contributed by atoms with Crippen LogP contribution in [-0.2, 0) is 0 Å².